The number of hydrogen-bond donors (Lipinski definition) is 0. The van der Waals surface area contributed by atoms with E-state index in [4.69, 9.17) is 0 Å². The van der Waals surface area contributed by atoms with Gasteiger partial charge in [-0.25, -0.2) is 16.8 Å². The van der Waals surface area contributed by atoms with E-state index in [1.165, 1.54) is 8.61 Å². The molecule has 2 aromatic rings. The van der Waals surface area contributed by atoms with Gasteiger partial charge in [0.15, 0.2) is 0 Å². The number of benzene rings is 1. The van der Waals surface area contributed by atoms with E-state index in [2.05, 4.69) is 4.98 Å². The fourth-order valence-electron chi connectivity index (χ4n) is 2.96. The van der Waals surface area contributed by atoms with Crippen molar-refractivity contribution in [2.24, 2.45) is 0 Å². The van der Waals surface area contributed by atoms with Crippen molar-refractivity contribution in [2.45, 2.75) is 18.7 Å². The summed E-state index contributed by atoms with van der Waals surface area (Å²) in [5, 5.41) is 0.772. The van der Waals surface area contributed by atoms with Gasteiger partial charge in [0.25, 0.3) is 0 Å². The topological polar surface area (TPSA) is 87.7 Å². The third-order valence-corrected chi connectivity index (χ3v) is 8.20. The first-order chi connectivity index (χ1) is 11.8. The third kappa shape index (κ3) is 3.41. The van der Waals surface area contributed by atoms with E-state index in [-0.39, 0.29) is 36.8 Å². The highest BCUT2D eigenvalue weighted by Gasteiger charge is 2.33. The molecule has 0 N–H and O–H groups in total. The Balaban J connectivity index is 1.91. The molecule has 0 radical (unpaired) electrons. The van der Waals surface area contributed by atoms with Crippen molar-refractivity contribution in [3.05, 3.63) is 36.0 Å². The Bertz CT molecular complexity index is 995. The zero-order chi connectivity index (χ0) is 18.2. The molecule has 3 rings (SSSR count). The number of aromatic nitrogens is 1. The molecule has 1 aliphatic heterocycles. The van der Waals surface area contributed by atoms with Crippen molar-refractivity contribution in [3.63, 3.8) is 0 Å². The summed E-state index contributed by atoms with van der Waals surface area (Å²) in [7, 11) is -7.02. The minimum absolute atomic E-state index is 0.0202. The number of aryl methyl sites for hydroxylation is 1. The lowest BCUT2D eigenvalue weighted by Crippen LogP contribution is -2.50. The van der Waals surface area contributed by atoms with E-state index in [1.807, 2.05) is 19.1 Å². The lowest BCUT2D eigenvalue weighted by atomic mass is 10.2. The van der Waals surface area contributed by atoms with Crippen molar-refractivity contribution < 1.29 is 16.8 Å². The van der Waals surface area contributed by atoms with Crippen LogP contribution in [0.15, 0.2) is 35.4 Å². The largest absolute Gasteiger partial charge is 0.255 e. The number of piperazine rings is 1. The highest BCUT2D eigenvalue weighted by atomic mass is 32.2. The van der Waals surface area contributed by atoms with Gasteiger partial charge in [0.2, 0.25) is 20.0 Å². The number of hydrogen-bond acceptors (Lipinski definition) is 5. The van der Waals surface area contributed by atoms with Gasteiger partial charge in [0.05, 0.1) is 11.3 Å². The van der Waals surface area contributed by atoms with Crippen LogP contribution in [0.1, 0.15) is 12.5 Å². The van der Waals surface area contributed by atoms with Crippen LogP contribution in [0.25, 0.3) is 10.9 Å². The molecule has 0 bridgehead atoms. The van der Waals surface area contributed by atoms with Crippen LogP contribution >= 0.6 is 0 Å². The first-order valence-electron chi connectivity index (χ1n) is 8.09. The second kappa shape index (κ2) is 6.64. The summed E-state index contributed by atoms with van der Waals surface area (Å²) in [6.45, 7) is 4.12. The summed E-state index contributed by atoms with van der Waals surface area (Å²) < 4.78 is 52.6. The molecule has 1 saturated heterocycles. The van der Waals surface area contributed by atoms with Crippen molar-refractivity contribution >= 4 is 30.9 Å². The van der Waals surface area contributed by atoms with Crippen LogP contribution in [0, 0.1) is 6.92 Å². The number of pyridine rings is 1. The molecule has 1 aromatic carbocycles. The van der Waals surface area contributed by atoms with Gasteiger partial charge >= 0.3 is 0 Å². The highest BCUT2D eigenvalue weighted by Crippen LogP contribution is 2.25. The van der Waals surface area contributed by atoms with Crippen LogP contribution in [-0.4, -0.2) is 62.4 Å². The Morgan fingerprint density at radius 2 is 1.68 bits per heavy atom. The molecule has 0 atom stereocenters. The number of sulfonamides is 2. The Labute approximate surface area is 148 Å². The molecule has 0 saturated carbocycles. The van der Waals surface area contributed by atoms with E-state index in [9.17, 15) is 16.8 Å². The molecule has 0 aliphatic carbocycles. The van der Waals surface area contributed by atoms with Gasteiger partial charge in [-0.3, -0.25) is 4.98 Å². The van der Waals surface area contributed by atoms with Gasteiger partial charge in [-0.2, -0.15) is 8.61 Å². The van der Waals surface area contributed by atoms with E-state index in [0.29, 0.717) is 5.52 Å². The molecule has 0 unspecified atom stereocenters. The lowest BCUT2D eigenvalue weighted by Gasteiger charge is -2.33. The van der Waals surface area contributed by atoms with Crippen molar-refractivity contribution in [2.75, 3.05) is 31.9 Å². The van der Waals surface area contributed by atoms with Crippen molar-refractivity contribution in [1.82, 2.24) is 13.6 Å². The minimum atomic E-state index is -3.73. The maximum absolute atomic E-state index is 13.0. The molecular weight excluding hydrogens is 362 g/mol. The summed E-state index contributed by atoms with van der Waals surface area (Å²) >= 11 is 0. The van der Waals surface area contributed by atoms with Crippen LogP contribution < -0.4 is 0 Å². The number of para-hydroxylation sites is 1. The fourth-order valence-corrected chi connectivity index (χ4v) is 5.63. The Kier molecular flexibility index (Phi) is 4.84. The zero-order valence-electron chi connectivity index (χ0n) is 14.2. The Morgan fingerprint density at radius 3 is 2.32 bits per heavy atom. The fraction of sp³-hybridized carbons (Fsp3) is 0.438. The van der Waals surface area contributed by atoms with Gasteiger partial charge in [-0.1, -0.05) is 12.1 Å². The van der Waals surface area contributed by atoms with Crippen molar-refractivity contribution in [3.8, 4) is 0 Å². The number of nitrogens with zero attached hydrogens (tertiary/aromatic N) is 3. The van der Waals surface area contributed by atoms with Gasteiger partial charge in [0.1, 0.15) is 4.90 Å². The first kappa shape index (κ1) is 18.2. The van der Waals surface area contributed by atoms with Crippen LogP contribution in [0.5, 0.6) is 0 Å². The van der Waals surface area contributed by atoms with Gasteiger partial charge in [-0.05, 0) is 31.5 Å². The Hall–Kier alpha value is -1.55. The zero-order valence-corrected chi connectivity index (χ0v) is 15.8. The maximum atomic E-state index is 13.0. The van der Waals surface area contributed by atoms with Gasteiger partial charge < -0.3 is 0 Å². The lowest BCUT2D eigenvalue weighted by molar-refractivity contribution is 0.273. The third-order valence-electron chi connectivity index (χ3n) is 4.38. The molecule has 9 heteroatoms. The van der Waals surface area contributed by atoms with Crippen LogP contribution in [-0.2, 0) is 20.0 Å². The molecule has 0 spiro atoms. The SMILES string of the molecule is CCS(=O)(=O)N1CCN(S(=O)(=O)c2cccc3cc(C)cnc23)CC1. The molecule has 1 aromatic heterocycles. The summed E-state index contributed by atoms with van der Waals surface area (Å²) in [6, 6.07) is 6.98. The molecule has 7 nitrogen and oxygen atoms in total. The van der Waals surface area contributed by atoms with E-state index < -0.39 is 20.0 Å². The Morgan fingerprint density at radius 1 is 1.04 bits per heavy atom. The van der Waals surface area contributed by atoms with Gasteiger partial charge in [-0.15, -0.1) is 0 Å². The predicted octanol–water partition coefficient (Wildman–Crippen LogP) is 1.20. The minimum Gasteiger partial charge on any atom is -0.255 e. The molecule has 136 valence electrons. The highest BCUT2D eigenvalue weighted by molar-refractivity contribution is 7.89. The average molecular weight is 383 g/mol. The molecule has 1 fully saturated rings. The van der Waals surface area contributed by atoms with E-state index >= 15 is 0 Å². The molecule has 0 amide bonds. The molecule has 2 heterocycles. The monoisotopic (exact) mass is 383 g/mol. The second-order valence-electron chi connectivity index (χ2n) is 6.04. The van der Waals surface area contributed by atoms with Crippen LogP contribution in [0.2, 0.25) is 0 Å². The molecular formula is C16H21N3O4S2. The van der Waals surface area contributed by atoms with Gasteiger partial charge in [0, 0.05) is 37.8 Å². The summed E-state index contributed by atoms with van der Waals surface area (Å²) in [5.74, 6) is 0.0202. The normalized spacial score (nSPS) is 17.8. The van der Waals surface area contributed by atoms with E-state index in [0.717, 1.165) is 10.9 Å². The predicted molar refractivity (Wildman–Crippen MR) is 96.3 cm³/mol. The van der Waals surface area contributed by atoms with Crippen LogP contribution in [0.3, 0.4) is 0 Å². The van der Waals surface area contributed by atoms with E-state index in [1.54, 1.807) is 25.3 Å². The number of fused-ring (bicyclic) bond motifs is 1. The standard InChI is InChI=1S/C16H21N3O4S2/c1-3-24(20,21)18-7-9-19(10-8-18)25(22,23)15-6-4-5-14-11-13(2)12-17-16(14)15/h4-6,11-12H,3,7-10H2,1-2H3. The van der Waals surface area contributed by atoms with Crippen molar-refractivity contribution in [1.29, 1.82) is 0 Å². The van der Waals surface area contributed by atoms with Crippen LogP contribution in [0.4, 0.5) is 0 Å². The number of rotatable bonds is 4. The molecule has 25 heavy (non-hydrogen) atoms. The molecule has 1 aliphatic rings. The smallest absolute Gasteiger partial charge is 0.245 e. The summed E-state index contributed by atoms with van der Waals surface area (Å²) in [6.07, 6.45) is 1.65. The average Bonchev–Trinajstić information content (AvgIpc) is 2.61. The first-order valence-corrected chi connectivity index (χ1v) is 11.1. The quantitative estimate of drug-likeness (QED) is 0.792. The maximum Gasteiger partial charge on any atom is 0.245 e. The summed E-state index contributed by atoms with van der Waals surface area (Å²) in [4.78, 5) is 4.46. The second-order valence-corrected chi connectivity index (χ2v) is 10.2. The summed E-state index contributed by atoms with van der Waals surface area (Å²) in [5.41, 5.74) is 1.40.